The number of carbonyl (C=O) groups excluding carboxylic acids is 2. The average Bonchev–Trinajstić information content (AvgIpc) is 2.77. The minimum atomic E-state index is -0.0482. The number of hydrogen-bond donors (Lipinski definition) is 0. The van der Waals surface area contributed by atoms with Crippen molar-refractivity contribution in [2.24, 2.45) is 5.92 Å². The SMILES string of the molecule is O=C(COc1cccc(Cl)c1)N1CCCN(C(=O)C2CCC2)CC1. The molecule has 1 aromatic rings. The summed E-state index contributed by atoms with van der Waals surface area (Å²) in [6.07, 6.45) is 4.02. The quantitative estimate of drug-likeness (QED) is 0.838. The van der Waals surface area contributed by atoms with E-state index in [-0.39, 0.29) is 24.3 Å². The van der Waals surface area contributed by atoms with E-state index in [1.54, 1.807) is 29.2 Å². The van der Waals surface area contributed by atoms with Crippen LogP contribution in [-0.4, -0.2) is 54.4 Å². The number of rotatable bonds is 4. The number of hydrogen-bond acceptors (Lipinski definition) is 3. The Morgan fingerprint density at radius 3 is 2.54 bits per heavy atom. The van der Waals surface area contributed by atoms with Crippen LogP contribution in [0, 0.1) is 5.92 Å². The van der Waals surface area contributed by atoms with Crippen molar-refractivity contribution in [2.45, 2.75) is 25.7 Å². The summed E-state index contributed by atoms with van der Waals surface area (Å²) in [7, 11) is 0. The Labute approximate surface area is 147 Å². The molecule has 0 unspecified atom stereocenters. The molecule has 0 aromatic heterocycles. The molecule has 0 atom stereocenters. The largest absolute Gasteiger partial charge is 0.484 e. The summed E-state index contributed by atoms with van der Waals surface area (Å²) in [4.78, 5) is 28.4. The van der Waals surface area contributed by atoms with Crippen LogP contribution in [0.4, 0.5) is 0 Å². The predicted molar refractivity (Wildman–Crippen MR) is 92.1 cm³/mol. The second-order valence-electron chi connectivity index (χ2n) is 6.43. The Morgan fingerprint density at radius 2 is 1.83 bits per heavy atom. The molecule has 0 radical (unpaired) electrons. The van der Waals surface area contributed by atoms with E-state index in [1.165, 1.54) is 0 Å². The lowest BCUT2D eigenvalue weighted by Crippen LogP contribution is -2.42. The standard InChI is InChI=1S/C18H23ClN2O3/c19-15-6-2-7-16(12-15)24-13-17(22)20-8-3-9-21(11-10-20)18(23)14-4-1-5-14/h2,6-7,12,14H,1,3-5,8-11,13H2. The van der Waals surface area contributed by atoms with Crippen LogP contribution in [0.3, 0.4) is 0 Å². The highest BCUT2D eigenvalue weighted by Crippen LogP contribution is 2.28. The second-order valence-corrected chi connectivity index (χ2v) is 6.87. The summed E-state index contributed by atoms with van der Waals surface area (Å²) in [5, 5.41) is 0.583. The highest BCUT2D eigenvalue weighted by atomic mass is 35.5. The van der Waals surface area contributed by atoms with Gasteiger partial charge in [-0.2, -0.15) is 0 Å². The average molecular weight is 351 g/mol. The van der Waals surface area contributed by atoms with Crippen molar-refractivity contribution < 1.29 is 14.3 Å². The van der Waals surface area contributed by atoms with E-state index >= 15 is 0 Å². The number of amides is 2. The maximum Gasteiger partial charge on any atom is 0.260 e. The summed E-state index contributed by atoms with van der Waals surface area (Å²) in [6.45, 7) is 2.62. The van der Waals surface area contributed by atoms with Gasteiger partial charge in [0.05, 0.1) is 0 Å². The Balaban J connectivity index is 1.48. The van der Waals surface area contributed by atoms with E-state index in [0.717, 1.165) is 32.2 Å². The minimum Gasteiger partial charge on any atom is -0.484 e. The third-order valence-corrected chi connectivity index (χ3v) is 5.01. The van der Waals surface area contributed by atoms with Crippen LogP contribution in [0.1, 0.15) is 25.7 Å². The minimum absolute atomic E-state index is 0.00306. The number of ether oxygens (including phenoxy) is 1. The van der Waals surface area contributed by atoms with E-state index in [2.05, 4.69) is 0 Å². The zero-order chi connectivity index (χ0) is 16.9. The van der Waals surface area contributed by atoms with Gasteiger partial charge in [0.1, 0.15) is 5.75 Å². The van der Waals surface area contributed by atoms with Crippen LogP contribution in [0.5, 0.6) is 5.75 Å². The molecule has 2 fully saturated rings. The number of halogens is 1. The third kappa shape index (κ3) is 4.20. The lowest BCUT2D eigenvalue weighted by atomic mass is 9.84. The van der Waals surface area contributed by atoms with E-state index in [9.17, 15) is 9.59 Å². The zero-order valence-electron chi connectivity index (χ0n) is 13.7. The van der Waals surface area contributed by atoms with E-state index in [1.807, 2.05) is 4.90 Å². The van der Waals surface area contributed by atoms with Gasteiger partial charge in [-0.1, -0.05) is 24.1 Å². The van der Waals surface area contributed by atoms with Gasteiger partial charge in [0.25, 0.3) is 5.91 Å². The Hall–Kier alpha value is -1.75. The van der Waals surface area contributed by atoms with Crippen LogP contribution < -0.4 is 4.74 Å². The molecule has 1 heterocycles. The van der Waals surface area contributed by atoms with E-state index in [0.29, 0.717) is 30.4 Å². The van der Waals surface area contributed by atoms with Gasteiger partial charge in [0.2, 0.25) is 5.91 Å². The first-order chi connectivity index (χ1) is 11.6. The smallest absolute Gasteiger partial charge is 0.260 e. The molecule has 6 heteroatoms. The monoisotopic (exact) mass is 350 g/mol. The van der Waals surface area contributed by atoms with Gasteiger partial charge in [-0.25, -0.2) is 0 Å². The van der Waals surface area contributed by atoms with Gasteiger partial charge >= 0.3 is 0 Å². The van der Waals surface area contributed by atoms with Crippen molar-refractivity contribution in [3.8, 4) is 5.75 Å². The normalized spacial score (nSPS) is 18.7. The summed E-state index contributed by atoms with van der Waals surface area (Å²) >= 11 is 5.91. The maximum atomic E-state index is 12.4. The molecule has 24 heavy (non-hydrogen) atoms. The first-order valence-electron chi connectivity index (χ1n) is 8.58. The van der Waals surface area contributed by atoms with Crippen LogP contribution >= 0.6 is 11.6 Å². The number of benzene rings is 1. The van der Waals surface area contributed by atoms with Crippen LogP contribution in [0.15, 0.2) is 24.3 Å². The second kappa shape index (κ2) is 7.88. The van der Waals surface area contributed by atoms with E-state index < -0.39 is 0 Å². The summed E-state index contributed by atoms with van der Waals surface area (Å²) in [5.41, 5.74) is 0. The van der Waals surface area contributed by atoms with E-state index in [4.69, 9.17) is 16.3 Å². The van der Waals surface area contributed by atoms with Gasteiger partial charge in [0.15, 0.2) is 6.61 Å². The van der Waals surface area contributed by atoms with Gasteiger partial charge in [0, 0.05) is 37.1 Å². The van der Waals surface area contributed by atoms with Crippen molar-refractivity contribution in [1.82, 2.24) is 9.80 Å². The molecule has 1 aliphatic carbocycles. The molecule has 0 bridgehead atoms. The molecule has 1 aliphatic heterocycles. The van der Waals surface area contributed by atoms with Crippen molar-refractivity contribution in [3.05, 3.63) is 29.3 Å². The first kappa shape index (κ1) is 17.1. The molecule has 5 nitrogen and oxygen atoms in total. The Bertz CT molecular complexity index is 604. The molecule has 1 saturated heterocycles. The lowest BCUT2D eigenvalue weighted by Gasteiger charge is -2.31. The van der Waals surface area contributed by atoms with Gasteiger partial charge in [-0.15, -0.1) is 0 Å². The van der Waals surface area contributed by atoms with Crippen molar-refractivity contribution >= 4 is 23.4 Å². The Morgan fingerprint density at radius 1 is 1.08 bits per heavy atom. The number of nitrogens with zero attached hydrogens (tertiary/aromatic N) is 2. The van der Waals surface area contributed by atoms with Crippen molar-refractivity contribution in [2.75, 3.05) is 32.8 Å². The molecule has 2 aliphatic rings. The molecule has 2 amide bonds. The fourth-order valence-corrected chi connectivity index (χ4v) is 3.27. The molecule has 3 rings (SSSR count). The molecule has 0 spiro atoms. The summed E-state index contributed by atoms with van der Waals surface area (Å²) in [5.74, 6) is 1.03. The first-order valence-corrected chi connectivity index (χ1v) is 8.96. The zero-order valence-corrected chi connectivity index (χ0v) is 14.5. The lowest BCUT2D eigenvalue weighted by molar-refractivity contribution is -0.139. The van der Waals surface area contributed by atoms with Crippen LogP contribution in [0.2, 0.25) is 5.02 Å². The Kier molecular flexibility index (Phi) is 5.61. The van der Waals surface area contributed by atoms with Gasteiger partial charge < -0.3 is 14.5 Å². The fourth-order valence-electron chi connectivity index (χ4n) is 3.09. The molecule has 1 saturated carbocycles. The topological polar surface area (TPSA) is 49.9 Å². The maximum absolute atomic E-state index is 12.4. The van der Waals surface area contributed by atoms with Crippen molar-refractivity contribution in [3.63, 3.8) is 0 Å². The third-order valence-electron chi connectivity index (χ3n) is 4.77. The highest BCUT2D eigenvalue weighted by Gasteiger charge is 2.30. The van der Waals surface area contributed by atoms with Crippen LogP contribution in [0.25, 0.3) is 0 Å². The molecule has 1 aromatic carbocycles. The predicted octanol–water partition coefficient (Wildman–Crippen LogP) is 2.58. The number of carbonyl (C=O) groups is 2. The van der Waals surface area contributed by atoms with Gasteiger partial charge in [-0.3, -0.25) is 9.59 Å². The molecular weight excluding hydrogens is 328 g/mol. The molecule has 130 valence electrons. The summed E-state index contributed by atoms with van der Waals surface area (Å²) in [6, 6.07) is 7.02. The molecular formula is C18H23ClN2O3. The highest BCUT2D eigenvalue weighted by molar-refractivity contribution is 6.30. The van der Waals surface area contributed by atoms with Crippen molar-refractivity contribution in [1.29, 1.82) is 0 Å². The van der Waals surface area contributed by atoms with Crippen LogP contribution in [-0.2, 0) is 9.59 Å². The molecule has 0 N–H and O–H groups in total. The van der Waals surface area contributed by atoms with Gasteiger partial charge in [-0.05, 0) is 37.5 Å². The fraction of sp³-hybridized carbons (Fsp3) is 0.556. The summed E-state index contributed by atoms with van der Waals surface area (Å²) < 4.78 is 5.53.